The summed E-state index contributed by atoms with van der Waals surface area (Å²) in [5.41, 5.74) is 2.41. The number of rotatable bonds is 6. The molecule has 0 aliphatic carbocycles. The van der Waals surface area contributed by atoms with Crippen molar-refractivity contribution in [3.05, 3.63) is 29.2 Å². The molecule has 3 rings (SSSR count). The highest BCUT2D eigenvalue weighted by molar-refractivity contribution is 7.99. The molecular formula is C18H23N5O2S. The first-order chi connectivity index (χ1) is 12.5. The number of anilines is 1. The van der Waals surface area contributed by atoms with Crippen LogP contribution in [-0.4, -0.2) is 38.5 Å². The van der Waals surface area contributed by atoms with Gasteiger partial charge in [-0.05, 0) is 32.3 Å². The van der Waals surface area contributed by atoms with E-state index in [-0.39, 0.29) is 17.8 Å². The second-order valence-corrected chi connectivity index (χ2v) is 7.39. The van der Waals surface area contributed by atoms with E-state index >= 15 is 0 Å². The van der Waals surface area contributed by atoms with E-state index in [9.17, 15) is 10.1 Å². The third-order valence-corrected chi connectivity index (χ3v) is 5.78. The number of carbonyl (C=O) groups is 1. The van der Waals surface area contributed by atoms with Gasteiger partial charge in [0.2, 0.25) is 5.91 Å². The summed E-state index contributed by atoms with van der Waals surface area (Å²) in [4.78, 5) is 16.7. The predicted molar refractivity (Wildman–Crippen MR) is 100 cm³/mol. The second-order valence-electron chi connectivity index (χ2n) is 6.45. The van der Waals surface area contributed by atoms with Crippen molar-refractivity contribution in [3.8, 4) is 6.07 Å². The summed E-state index contributed by atoms with van der Waals surface area (Å²) in [5.74, 6) is 0.655. The Balaban J connectivity index is 1.76. The van der Waals surface area contributed by atoms with Gasteiger partial charge in [-0.1, -0.05) is 11.8 Å². The SMILES string of the molecule is Cc1c(C#N)c(NC(=O)CSc2nccn2C)n(CC2CCCO2)c1C. The minimum Gasteiger partial charge on any atom is -0.376 e. The van der Waals surface area contributed by atoms with Gasteiger partial charge in [-0.25, -0.2) is 4.98 Å². The van der Waals surface area contributed by atoms with Gasteiger partial charge in [0.05, 0.1) is 24.0 Å². The molecule has 1 N–H and O–H groups in total. The van der Waals surface area contributed by atoms with E-state index in [2.05, 4.69) is 16.4 Å². The monoisotopic (exact) mass is 373 g/mol. The van der Waals surface area contributed by atoms with Gasteiger partial charge < -0.3 is 19.2 Å². The molecule has 0 spiro atoms. The molecule has 8 heteroatoms. The number of ether oxygens (including phenoxy) is 1. The molecule has 1 aliphatic rings. The molecule has 2 aromatic heterocycles. The minimum absolute atomic E-state index is 0.129. The van der Waals surface area contributed by atoms with Crippen LogP contribution < -0.4 is 5.32 Å². The summed E-state index contributed by atoms with van der Waals surface area (Å²) >= 11 is 1.37. The first-order valence-corrected chi connectivity index (χ1v) is 9.61. The molecule has 1 atom stereocenters. The number of imidazole rings is 1. The summed E-state index contributed by atoms with van der Waals surface area (Å²) in [7, 11) is 1.89. The van der Waals surface area contributed by atoms with Crippen LogP contribution in [0, 0.1) is 25.2 Å². The number of aryl methyl sites for hydroxylation is 1. The Labute approximate surface area is 157 Å². The maximum Gasteiger partial charge on any atom is 0.235 e. The van der Waals surface area contributed by atoms with Gasteiger partial charge in [-0.15, -0.1) is 0 Å². The van der Waals surface area contributed by atoms with E-state index in [1.165, 1.54) is 11.8 Å². The summed E-state index contributed by atoms with van der Waals surface area (Å²) in [5, 5.41) is 13.3. The predicted octanol–water partition coefficient (Wildman–Crippen LogP) is 2.62. The average Bonchev–Trinajstić information content (AvgIpc) is 3.32. The molecule has 1 unspecified atom stereocenters. The minimum atomic E-state index is -0.152. The van der Waals surface area contributed by atoms with Crippen molar-refractivity contribution >= 4 is 23.5 Å². The number of aromatic nitrogens is 3. The van der Waals surface area contributed by atoms with E-state index in [4.69, 9.17) is 4.74 Å². The van der Waals surface area contributed by atoms with Gasteiger partial charge in [-0.2, -0.15) is 5.26 Å². The molecule has 26 heavy (non-hydrogen) atoms. The van der Waals surface area contributed by atoms with Gasteiger partial charge in [0, 0.05) is 31.7 Å². The average molecular weight is 373 g/mol. The topological polar surface area (TPSA) is 84.9 Å². The molecule has 0 aromatic carbocycles. The third-order valence-electron chi connectivity index (χ3n) is 4.72. The summed E-state index contributed by atoms with van der Waals surface area (Å²) < 4.78 is 9.61. The smallest absolute Gasteiger partial charge is 0.235 e. The van der Waals surface area contributed by atoms with Crippen LogP contribution >= 0.6 is 11.8 Å². The van der Waals surface area contributed by atoms with Crippen molar-refractivity contribution in [2.75, 3.05) is 17.7 Å². The number of nitriles is 1. The Bertz CT molecular complexity index is 843. The largest absolute Gasteiger partial charge is 0.376 e. The van der Waals surface area contributed by atoms with Crippen LogP contribution in [0.2, 0.25) is 0 Å². The van der Waals surface area contributed by atoms with Crippen LogP contribution in [0.25, 0.3) is 0 Å². The van der Waals surface area contributed by atoms with Gasteiger partial charge >= 0.3 is 0 Å². The van der Waals surface area contributed by atoms with Crippen LogP contribution in [0.15, 0.2) is 17.6 Å². The summed E-state index contributed by atoms with van der Waals surface area (Å²) in [6.45, 7) is 5.31. The maximum atomic E-state index is 12.5. The highest BCUT2D eigenvalue weighted by Gasteiger charge is 2.24. The van der Waals surface area contributed by atoms with Crippen LogP contribution in [-0.2, 0) is 23.1 Å². The van der Waals surface area contributed by atoms with Crippen LogP contribution in [0.1, 0.15) is 29.7 Å². The molecule has 7 nitrogen and oxygen atoms in total. The normalized spacial score (nSPS) is 16.6. The number of amides is 1. The lowest BCUT2D eigenvalue weighted by Gasteiger charge is -2.16. The van der Waals surface area contributed by atoms with Crippen LogP contribution in [0.5, 0.6) is 0 Å². The van der Waals surface area contributed by atoms with Crippen molar-refractivity contribution in [1.29, 1.82) is 5.26 Å². The van der Waals surface area contributed by atoms with E-state index in [1.807, 2.05) is 36.2 Å². The summed E-state index contributed by atoms with van der Waals surface area (Å²) in [6, 6.07) is 2.23. The number of nitrogens with zero attached hydrogens (tertiary/aromatic N) is 4. The molecular weight excluding hydrogens is 350 g/mol. The van der Waals surface area contributed by atoms with Crippen molar-refractivity contribution in [3.63, 3.8) is 0 Å². The Morgan fingerprint density at radius 3 is 2.96 bits per heavy atom. The highest BCUT2D eigenvalue weighted by Crippen LogP contribution is 2.28. The van der Waals surface area contributed by atoms with Crippen molar-refractivity contribution in [2.24, 2.45) is 7.05 Å². The maximum absolute atomic E-state index is 12.5. The van der Waals surface area contributed by atoms with Gasteiger partial charge in [0.25, 0.3) is 0 Å². The Morgan fingerprint density at radius 2 is 2.35 bits per heavy atom. The van der Waals surface area contributed by atoms with Crippen molar-refractivity contribution in [1.82, 2.24) is 14.1 Å². The molecule has 3 heterocycles. The molecule has 1 amide bonds. The lowest BCUT2D eigenvalue weighted by Crippen LogP contribution is -2.22. The zero-order valence-corrected chi connectivity index (χ0v) is 16.1. The van der Waals surface area contributed by atoms with Gasteiger partial charge in [0.1, 0.15) is 11.9 Å². The standard InChI is InChI=1S/C18H23N5O2S/c1-12-13(2)23(10-14-5-4-8-25-14)17(15(12)9-19)21-16(24)11-26-18-20-6-7-22(18)3/h6-7,14H,4-5,8,10-11H2,1-3H3,(H,21,24). The van der Waals surface area contributed by atoms with Crippen molar-refractivity contribution < 1.29 is 9.53 Å². The fourth-order valence-corrected chi connectivity index (χ4v) is 3.87. The Hall–Kier alpha value is -2.24. The quantitative estimate of drug-likeness (QED) is 0.787. The lowest BCUT2D eigenvalue weighted by molar-refractivity contribution is -0.113. The molecule has 0 bridgehead atoms. The molecule has 1 saturated heterocycles. The van der Waals surface area contributed by atoms with E-state index in [1.54, 1.807) is 6.20 Å². The van der Waals surface area contributed by atoms with Gasteiger partial charge in [0.15, 0.2) is 5.16 Å². The number of nitrogens with one attached hydrogen (secondary N) is 1. The summed E-state index contributed by atoms with van der Waals surface area (Å²) in [6.07, 6.45) is 5.73. The first-order valence-electron chi connectivity index (χ1n) is 8.62. The Kier molecular flexibility index (Phi) is 5.69. The fourth-order valence-electron chi connectivity index (χ4n) is 3.14. The fraction of sp³-hybridized carbons (Fsp3) is 0.500. The molecule has 1 fully saturated rings. The Morgan fingerprint density at radius 1 is 1.54 bits per heavy atom. The van der Waals surface area contributed by atoms with E-state index in [0.29, 0.717) is 17.9 Å². The van der Waals surface area contributed by atoms with Gasteiger partial charge in [-0.3, -0.25) is 4.79 Å². The van der Waals surface area contributed by atoms with Crippen molar-refractivity contribution in [2.45, 2.75) is 44.5 Å². The number of hydrogen-bond donors (Lipinski definition) is 1. The highest BCUT2D eigenvalue weighted by atomic mass is 32.2. The van der Waals surface area contributed by atoms with E-state index < -0.39 is 0 Å². The zero-order chi connectivity index (χ0) is 18.7. The number of hydrogen-bond acceptors (Lipinski definition) is 5. The lowest BCUT2D eigenvalue weighted by atomic mass is 10.2. The number of carbonyl (C=O) groups excluding carboxylic acids is 1. The molecule has 138 valence electrons. The number of thioether (sulfide) groups is 1. The molecule has 1 aliphatic heterocycles. The second kappa shape index (κ2) is 7.98. The van der Waals surface area contributed by atoms with E-state index in [0.717, 1.165) is 35.9 Å². The first kappa shape index (κ1) is 18.5. The molecule has 0 saturated carbocycles. The molecule has 2 aromatic rings. The zero-order valence-electron chi connectivity index (χ0n) is 15.3. The van der Waals surface area contributed by atoms with Crippen LogP contribution in [0.4, 0.5) is 5.82 Å². The van der Waals surface area contributed by atoms with Crippen LogP contribution in [0.3, 0.4) is 0 Å². The third kappa shape index (κ3) is 3.79. The molecule has 0 radical (unpaired) electrons.